The van der Waals surface area contributed by atoms with Crippen LogP contribution < -0.4 is 14.7 Å². The molecule has 1 aromatic heterocycles. The van der Waals surface area contributed by atoms with E-state index < -0.39 is 41.3 Å². The number of carbonyl (C=O) groups is 4. The molecule has 0 spiro atoms. The van der Waals surface area contributed by atoms with Crippen molar-refractivity contribution < 1.29 is 36.7 Å². The number of carbonyl (C=O) groups excluding carboxylic acids is 4. The average Bonchev–Trinajstić information content (AvgIpc) is 3.33. The second-order valence-corrected chi connectivity index (χ2v) is 12.4. The van der Waals surface area contributed by atoms with Crippen molar-refractivity contribution in [3.63, 3.8) is 0 Å². The number of hydrogen-bond donors (Lipinski definition) is 0. The first-order valence-electron chi connectivity index (χ1n) is 15.4. The average molecular weight is 658 g/mol. The minimum atomic E-state index is -4.70. The molecule has 0 N–H and O–H groups in total. The van der Waals surface area contributed by atoms with Crippen molar-refractivity contribution in [2.24, 2.45) is 5.92 Å². The number of alkyl halides is 3. The summed E-state index contributed by atoms with van der Waals surface area (Å²) >= 11 is 0. The number of likely N-dealkylation sites (N-methyl/N-ethyl adjacent to an activating group) is 1. The molecule has 250 valence electrons. The minimum Gasteiger partial charge on any atom is -0.358 e. The van der Waals surface area contributed by atoms with Crippen LogP contribution in [0, 0.1) is 18.7 Å². The summed E-state index contributed by atoms with van der Waals surface area (Å²) in [6, 6.07) is 4.78. The summed E-state index contributed by atoms with van der Waals surface area (Å²) in [5.41, 5.74) is -0.767. The van der Waals surface area contributed by atoms with Gasteiger partial charge in [-0.3, -0.25) is 29.0 Å². The highest BCUT2D eigenvalue weighted by Gasteiger charge is 2.50. The molecule has 5 heterocycles. The molecule has 0 unspecified atom stereocenters. The van der Waals surface area contributed by atoms with Crippen LogP contribution in [0.1, 0.15) is 17.7 Å². The molecular weight excluding hydrogens is 622 g/mol. The quantitative estimate of drug-likeness (QED) is 0.360. The van der Waals surface area contributed by atoms with Gasteiger partial charge in [0, 0.05) is 76.9 Å². The first-order valence-corrected chi connectivity index (χ1v) is 15.4. The standard InChI is InChI=1S/C32H35F4N7O4/c1-4-26(44)41-16-22(17-41)39-8-10-40(11-9-39)28(46)18-42-15-20-13-27(45)43(25-14-21(32(34,35)36)12-19(2)37-25)29(20)31(47)38(3)24-7-5-6-23(33)30(24)42/h4-7,12,14,20,22,29H,1,8-11,13,15-18H2,2-3H3/t20-,29+/m1/s1. The SMILES string of the molecule is C=CC(=O)N1CC(N2CCN(C(=O)CN3C[C@H]4CC(=O)N(c5cc(C(F)(F)F)cc(C)n5)[C@@H]4C(=O)N(C)c4cccc(F)c43)CC2)C1. The molecule has 47 heavy (non-hydrogen) atoms. The van der Waals surface area contributed by atoms with Crippen LogP contribution in [0.15, 0.2) is 43.0 Å². The Bertz CT molecular complexity index is 1620. The van der Waals surface area contributed by atoms with Gasteiger partial charge in [0.05, 0.1) is 23.5 Å². The Morgan fingerprint density at radius 3 is 2.40 bits per heavy atom. The highest BCUT2D eigenvalue weighted by atomic mass is 19.4. The highest BCUT2D eigenvalue weighted by molar-refractivity contribution is 6.10. The van der Waals surface area contributed by atoms with E-state index >= 15 is 4.39 Å². The molecule has 0 radical (unpaired) electrons. The van der Waals surface area contributed by atoms with Gasteiger partial charge in [0.2, 0.25) is 23.6 Å². The molecule has 4 aliphatic heterocycles. The lowest BCUT2D eigenvalue weighted by atomic mass is 9.95. The van der Waals surface area contributed by atoms with Crippen LogP contribution >= 0.6 is 0 Å². The summed E-state index contributed by atoms with van der Waals surface area (Å²) < 4.78 is 56.6. The van der Waals surface area contributed by atoms with E-state index in [9.17, 15) is 32.3 Å². The number of benzene rings is 1. The molecule has 0 aliphatic carbocycles. The van der Waals surface area contributed by atoms with Gasteiger partial charge in [0.1, 0.15) is 17.7 Å². The van der Waals surface area contributed by atoms with Gasteiger partial charge in [-0.1, -0.05) is 12.6 Å². The van der Waals surface area contributed by atoms with E-state index in [1.165, 1.54) is 48.0 Å². The van der Waals surface area contributed by atoms with Gasteiger partial charge in [0.15, 0.2) is 0 Å². The first-order chi connectivity index (χ1) is 22.3. The summed E-state index contributed by atoms with van der Waals surface area (Å²) in [6.45, 7) is 7.85. The van der Waals surface area contributed by atoms with Crippen molar-refractivity contribution in [1.29, 1.82) is 0 Å². The lowest BCUT2D eigenvalue weighted by Crippen LogP contribution is -2.64. The number of piperazine rings is 1. The third-order valence-corrected chi connectivity index (χ3v) is 9.48. The molecule has 2 atom stereocenters. The zero-order valence-corrected chi connectivity index (χ0v) is 26.0. The Hall–Kier alpha value is -4.53. The third kappa shape index (κ3) is 6.03. The summed E-state index contributed by atoms with van der Waals surface area (Å²) in [6.07, 6.45) is -3.62. The fraction of sp³-hybridized carbons (Fsp3) is 0.469. The van der Waals surface area contributed by atoms with Gasteiger partial charge >= 0.3 is 6.18 Å². The molecule has 11 nitrogen and oxygen atoms in total. The Morgan fingerprint density at radius 2 is 1.74 bits per heavy atom. The number of aromatic nitrogens is 1. The lowest BCUT2D eigenvalue weighted by molar-refractivity contribution is -0.138. The van der Waals surface area contributed by atoms with Gasteiger partial charge in [0.25, 0.3) is 0 Å². The number of anilines is 3. The molecule has 4 amide bonds. The third-order valence-electron chi connectivity index (χ3n) is 9.48. The summed E-state index contributed by atoms with van der Waals surface area (Å²) in [5.74, 6) is -3.29. The molecule has 0 saturated carbocycles. The number of para-hydroxylation sites is 1. The monoisotopic (exact) mass is 657 g/mol. The van der Waals surface area contributed by atoms with Crippen LogP contribution in [0.4, 0.5) is 34.8 Å². The van der Waals surface area contributed by atoms with Gasteiger partial charge in [-0.15, -0.1) is 0 Å². The fourth-order valence-corrected chi connectivity index (χ4v) is 7.00. The van der Waals surface area contributed by atoms with Crippen LogP contribution in [-0.4, -0.2) is 115 Å². The number of likely N-dealkylation sites (tertiary alicyclic amines) is 1. The van der Waals surface area contributed by atoms with Crippen molar-refractivity contribution in [2.75, 3.05) is 74.1 Å². The summed E-state index contributed by atoms with van der Waals surface area (Å²) in [5, 5.41) is 0. The molecule has 4 aliphatic rings. The predicted octanol–water partition coefficient (Wildman–Crippen LogP) is 2.29. The summed E-state index contributed by atoms with van der Waals surface area (Å²) in [4.78, 5) is 66.4. The fourth-order valence-electron chi connectivity index (χ4n) is 7.00. The molecule has 0 bridgehead atoms. The largest absolute Gasteiger partial charge is 0.416 e. The van der Waals surface area contributed by atoms with Crippen LogP contribution in [0.25, 0.3) is 0 Å². The van der Waals surface area contributed by atoms with Crippen LogP contribution in [0.3, 0.4) is 0 Å². The number of fused-ring (bicyclic) bond motifs is 2. The number of amides is 4. The number of hydrogen-bond acceptors (Lipinski definition) is 7. The van der Waals surface area contributed by atoms with Crippen molar-refractivity contribution >= 4 is 40.8 Å². The van der Waals surface area contributed by atoms with E-state index in [0.717, 1.165) is 17.0 Å². The zero-order chi connectivity index (χ0) is 33.8. The van der Waals surface area contributed by atoms with Crippen LogP contribution in [0.5, 0.6) is 0 Å². The van der Waals surface area contributed by atoms with Gasteiger partial charge in [-0.2, -0.15) is 13.2 Å². The van der Waals surface area contributed by atoms with E-state index in [4.69, 9.17) is 0 Å². The number of nitrogens with zero attached hydrogens (tertiary/aromatic N) is 7. The Morgan fingerprint density at radius 1 is 1.04 bits per heavy atom. The Labute approximate surface area is 269 Å². The summed E-state index contributed by atoms with van der Waals surface area (Å²) in [7, 11) is 1.41. The molecule has 3 fully saturated rings. The maximum Gasteiger partial charge on any atom is 0.416 e. The van der Waals surface area contributed by atoms with E-state index in [0.29, 0.717) is 39.3 Å². The second kappa shape index (κ2) is 12.2. The Balaban J connectivity index is 1.24. The first kappa shape index (κ1) is 32.4. The van der Waals surface area contributed by atoms with Crippen molar-refractivity contribution in [2.45, 2.75) is 31.6 Å². The highest BCUT2D eigenvalue weighted by Crippen LogP contribution is 2.41. The number of pyridine rings is 1. The predicted molar refractivity (Wildman–Crippen MR) is 164 cm³/mol. The van der Waals surface area contributed by atoms with E-state index in [1.54, 1.807) is 9.80 Å². The van der Waals surface area contributed by atoms with Crippen molar-refractivity contribution in [1.82, 2.24) is 19.7 Å². The van der Waals surface area contributed by atoms with Crippen molar-refractivity contribution in [3.05, 3.63) is 60.1 Å². The van der Waals surface area contributed by atoms with Gasteiger partial charge in [-0.25, -0.2) is 9.37 Å². The maximum atomic E-state index is 15.6. The molecule has 15 heteroatoms. The molecule has 1 aromatic carbocycles. The van der Waals surface area contributed by atoms with E-state index in [1.807, 2.05) is 0 Å². The number of aryl methyl sites for hydroxylation is 1. The topological polar surface area (TPSA) is 101 Å². The zero-order valence-electron chi connectivity index (χ0n) is 26.0. The Kier molecular flexibility index (Phi) is 8.45. The van der Waals surface area contributed by atoms with E-state index in [-0.39, 0.29) is 60.3 Å². The van der Waals surface area contributed by atoms with Crippen molar-refractivity contribution in [3.8, 4) is 0 Å². The molecule has 3 saturated heterocycles. The maximum absolute atomic E-state index is 15.6. The van der Waals surface area contributed by atoms with Gasteiger partial charge in [-0.05, 0) is 37.3 Å². The smallest absolute Gasteiger partial charge is 0.358 e. The normalized spacial score (nSPS) is 22.5. The molecule has 2 aromatic rings. The van der Waals surface area contributed by atoms with Gasteiger partial charge < -0.3 is 19.6 Å². The second-order valence-electron chi connectivity index (χ2n) is 12.4. The lowest BCUT2D eigenvalue weighted by Gasteiger charge is -2.48. The van der Waals surface area contributed by atoms with Crippen LogP contribution in [0.2, 0.25) is 0 Å². The molecular formula is C32H35F4N7O4. The minimum absolute atomic E-state index is 0.0253. The van der Waals surface area contributed by atoms with Crippen LogP contribution in [-0.2, 0) is 25.4 Å². The molecule has 6 rings (SSSR count). The number of rotatable bonds is 5. The number of halogens is 4. The van der Waals surface area contributed by atoms with E-state index in [2.05, 4.69) is 16.5 Å².